The van der Waals surface area contributed by atoms with Gasteiger partial charge in [-0.15, -0.1) is 0 Å². The number of aliphatic hydroxyl groups excluding tert-OH is 1. The van der Waals surface area contributed by atoms with Crippen molar-refractivity contribution in [2.24, 2.45) is 40.9 Å². The van der Waals surface area contributed by atoms with Crippen LogP contribution in [-0.4, -0.2) is 36.1 Å². The number of ether oxygens (including phenoxy) is 1. The summed E-state index contributed by atoms with van der Waals surface area (Å²) in [7, 11) is 1.71. The lowest BCUT2D eigenvalue weighted by Gasteiger charge is -2.61. The molecule has 4 saturated carbocycles. The van der Waals surface area contributed by atoms with E-state index in [2.05, 4.69) is 6.92 Å². The van der Waals surface area contributed by atoms with E-state index >= 15 is 0 Å². The fourth-order valence-corrected chi connectivity index (χ4v) is 7.97. The van der Waals surface area contributed by atoms with Crippen LogP contribution in [0.25, 0.3) is 0 Å². The molecule has 8 atom stereocenters. The highest BCUT2D eigenvalue weighted by Crippen LogP contribution is 2.63. The molecule has 4 aliphatic rings. The van der Waals surface area contributed by atoms with Gasteiger partial charge < -0.3 is 14.9 Å². The molecule has 2 N–H and O–H groups in total. The minimum Gasteiger partial charge on any atom is -0.396 e. The predicted octanol–water partition coefficient (Wildman–Crippen LogP) is 4.02. The maximum atomic E-state index is 10.8. The summed E-state index contributed by atoms with van der Waals surface area (Å²) in [6, 6.07) is 0. The second kappa shape index (κ2) is 6.80. The van der Waals surface area contributed by atoms with Gasteiger partial charge in [0, 0.05) is 13.7 Å². The summed E-state index contributed by atoms with van der Waals surface area (Å²) >= 11 is 0. The van der Waals surface area contributed by atoms with E-state index in [1.807, 2.05) is 0 Å². The molecule has 0 amide bonds. The maximum Gasteiger partial charge on any atom is 0.0882 e. The average Bonchev–Trinajstić information content (AvgIpc) is 2.60. The average molecular weight is 351 g/mol. The predicted molar refractivity (Wildman–Crippen MR) is 99.1 cm³/mol. The van der Waals surface area contributed by atoms with Gasteiger partial charge in [-0.2, -0.15) is 0 Å². The summed E-state index contributed by atoms with van der Waals surface area (Å²) in [5.74, 6) is 4.65. The molecule has 0 spiro atoms. The second-order valence-electron chi connectivity index (χ2n) is 10.2. The highest BCUT2D eigenvalue weighted by Gasteiger charge is 2.56. The molecule has 4 fully saturated rings. The number of hydrogen-bond acceptors (Lipinski definition) is 3. The Morgan fingerprint density at radius 1 is 0.960 bits per heavy atom. The minimum atomic E-state index is -0.571. The van der Waals surface area contributed by atoms with E-state index in [0.29, 0.717) is 30.5 Å². The summed E-state index contributed by atoms with van der Waals surface area (Å²) in [5, 5.41) is 20.8. The zero-order valence-electron chi connectivity index (χ0n) is 16.3. The van der Waals surface area contributed by atoms with E-state index in [-0.39, 0.29) is 0 Å². The van der Waals surface area contributed by atoms with Crippen LogP contribution < -0.4 is 0 Å². The van der Waals surface area contributed by atoms with E-state index < -0.39 is 5.60 Å². The van der Waals surface area contributed by atoms with Crippen LogP contribution >= 0.6 is 0 Å². The number of hydrogen-bond donors (Lipinski definition) is 2. The molecule has 0 aromatic heterocycles. The van der Waals surface area contributed by atoms with Gasteiger partial charge in [0.25, 0.3) is 0 Å². The molecule has 3 heteroatoms. The summed E-state index contributed by atoms with van der Waals surface area (Å²) in [4.78, 5) is 0. The number of methoxy groups -OCH3 is 1. The molecule has 3 nitrogen and oxygen atoms in total. The highest BCUT2D eigenvalue weighted by atomic mass is 16.5. The van der Waals surface area contributed by atoms with Crippen molar-refractivity contribution in [2.45, 2.75) is 76.7 Å². The zero-order valence-corrected chi connectivity index (χ0v) is 16.3. The van der Waals surface area contributed by atoms with Crippen LogP contribution in [0.15, 0.2) is 0 Å². The minimum absolute atomic E-state index is 0.381. The molecule has 0 aromatic rings. The Morgan fingerprint density at radius 2 is 1.76 bits per heavy atom. The van der Waals surface area contributed by atoms with Gasteiger partial charge in [-0.25, -0.2) is 0 Å². The molecule has 25 heavy (non-hydrogen) atoms. The van der Waals surface area contributed by atoms with Crippen molar-refractivity contribution in [1.82, 2.24) is 0 Å². The molecule has 0 aliphatic heterocycles. The van der Waals surface area contributed by atoms with Crippen LogP contribution in [-0.2, 0) is 4.74 Å². The van der Waals surface area contributed by atoms with E-state index in [1.54, 1.807) is 7.11 Å². The smallest absolute Gasteiger partial charge is 0.0882 e. The van der Waals surface area contributed by atoms with Crippen molar-refractivity contribution in [2.75, 3.05) is 20.3 Å². The van der Waals surface area contributed by atoms with Gasteiger partial charge >= 0.3 is 0 Å². The van der Waals surface area contributed by atoms with E-state index in [9.17, 15) is 10.2 Å². The summed E-state index contributed by atoms with van der Waals surface area (Å²) in [6.45, 7) is 3.39. The van der Waals surface area contributed by atoms with Gasteiger partial charge in [-0.1, -0.05) is 13.3 Å². The normalized spacial score (nSPS) is 52.8. The van der Waals surface area contributed by atoms with Gasteiger partial charge in [-0.05, 0) is 98.7 Å². The van der Waals surface area contributed by atoms with Crippen LogP contribution in [0.1, 0.15) is 71.1 Å². The topological polar surface area (TPSA) is 49.7 Å². The van der Waals surface area contributed by atoms with Crippen molar-refractivity contribution in [3.05, 3.63) is 0 Å². The molecular weight excluding hydrogens is 312 g/mol. The SMILES string of the molecule is COC[C@@]1(O)CC[C@H]2[C@H](CC[C@@H]3[C@@H]2CC[C@]2(C)[C@@H](CO)CCC[C@@H]32)C1. The summed E-state index contributed by atoms with van der Waals surface area (Å²) in [5.41, 5.74) is -0.189. The van der Waals surface area contributed by atoms with Gasteiger partial charge in [0.15, 0.2) is 0 Å². The van der Waals surface area contributed by atoms with Crippen molar-refractivity contribution >= 4 is 0 Å². The van der Waals surface area contributed by atoms with Gasteiger partial charge in [0.2, 0.25) is 0 Å². The van der Waals surface area contributed by atoms with Crippen LogP contribution in [0, 0.1) is 40.9 Å². The van der Waals surface area contributed by atoms with Crippen LogP contribution in [0.5, 0.6) is 0 Å². The molecule has 4 aliphatic carbocycles. The maximum absolute atomic E-state index is 10.8. The lowest BCUT2D eigenvalue weighted by molar-refractivity contribution is -0.144. The van der Waals surface area contributed by atoms with E-state index in [4.69, 9.17) is 4.74 Å². The Hall–Kier alpha value is -0.120. The zero-order chi connectivity index (χ0) is 17.7. The first-order valence-electron chi connectivity index (χ1n) is 10.8. The Bertz CT molecular complexity index is 480. The number of aliphatic hydroxyl groups is 2. The molecule has 144 valence electrons. The van der Waals surface area contributed by atoms with Crippen molar-refractivity contribution in [3.63, 3.8) is 0 Å². The molecule has 0 heterocycles. The third-order valence-electron chi connectivity index (χ3n) is 9.18. The Morgan fingerprint density at radius 3 is 2.52 bits per heavy atom. The summed E-state index contributed by atoms with van der Waals surface area (Å²) in [6.07, 6.45) is 12.3. The highest BCUT2D eigenvalue weighted by molar-refractivity contribution is 5.05. The van der Waals surface area contributed by atoms with E-state index in [1.165, 1.54) is 51.4 Å². The second-order valence-corrected chi connectivity index (χ2v) is 10.2. The monoisotopic (exact) mass is 350 g/mol. The van der Waals surface area contributed by atoms with Gasteiger partial charge in [0.1, 0.15) is 0 Å². The molecule has 0 saturated heterocycles. The number of rotatable bonds is 3. The fraction of sp³-hybridized carbons (Fsp3) is 1.00. The largest absolute Gasteiger partial charge is 0.396 e. The molecule has 0 aromatic carbocycles. The third kappa shape index (κ3) is 2.99. The quantitative estimate of drug-likeness (QED) is 0.808. The van der Waals surface area contributed by atoms with Crippen molar-refractivity contribution < 1.29 is 14.9 Å². The Labute approximate surface area is 153 Å². The van der Waals surface area contributed by atoms with Crippen LogP contribution in [0.2, 0.25) is 0 Å². The fourth-order valence-electron chi connectivity index (χ4n) is 7.97. The lowest BCUT2D eigenvalue weighted by Crippen LogP contribution is -2.54. The van der Waals surface area contributed by atoms with Crippen molar-refractivity contribution in [1.29, 1.82) is 0 Å². The Kier molecular flexibility index (Phi) is 4.96. The first-order valence-corrected chi connectivity index (χ1v) is 10.8. The molecule has 4 rings (SSSR count). The standard InChI is InChI=1S/C22H38O3/c1-21-10-8-18-17-9-11-22(24,14-25-2)12-15(17)6-7-19(18)20(21)5-3-4-16(21)13-23/h15-20,23-24H,3-14H2,1-2H3/t15-,16-,17+,18-,19-,20+,21-,22-/m1/s1. The van der Waals surface area contributed by atoms with Gasteiger partial charge in [-0.3, -0.25) is 0 Å². The first kappa shape index (κ1) is 18.3. The van der Waals surface area contributed by atoms with Gasteiger partial charge in [0.05, 0.1) is 12.2 Å². The molecule has 0 unspecified atom stereocenters. The number of fused-ring (bicyclic) bond motifs is 5. The van der Waals surface area contributed by atoms with Crippen molar-refractivity contribution in [3.8, 4) is 0 Å². The molecule has 0 radical (unpaired) electrons. The van der Waals surface area contributed by atoms with Crippen LogP contribution in [0.4, 0.5) is 0 Å². The lowest BCUT2D eigenvalue weighted by atomic mass is 9.45. The summed E-state index contributed by atoms with van der Waals surface area (Å²) < 4.78 is 5.31. The molecular formula is C22H38O3. The van der Waals surface area contributed by atoms with E-state index in [0.717, 1.165) is 36.5 Å². The Balaban J connectivity index is 1.51. The van der Waals surface area contributed by atoms with Crippen LogP contribution in [0.3, 0.4) is 0 Å². The first-order chi connectivity index (χ1) is 12.0. The third-order valence-corrected chi connectivity index (χ3v) is 9.18. The molecule has 0 bridgehead atoms.